The van der Waals surface area contributed by atoms with Crippen LogP contribution in [0, 0.1) is 5.92 Å². The molecule has 1 heterocycles. The van der Waals surface area contributed by atoms with E-state index in [1.807, 2.05) is 17.9 Å². The van der Waals surface area contributed by atoms with Gasteiger partial charge in [-0.25, -0.2) is 0 Å². The van der Waals surface area contributed by atoms with Gasteiger partial charge >= 0.3 is 0 Å². The monoisotopic (exact) mass is 226 g/mol. The molecule has 0 aromatic carbocycles. The Morgan fingerprint density at radius 1 is 1.56 bits per heavy atom. The molecule has 1 aromatic rings. The third-order valence-electron chi connectivity index (χ3n) is 2.65. The van der Waals surface area contributed by atoms with Crippen molar-refractivity contribution >= 4 is 0 Å². The molecule has 0 aliphatic carbocycles. The highest BCUT2D eigenvalue weighted by molar-refractivity contribution is 5.01. The summed E-state index contributed by atoms with van der Waals surface area (Å²) in [5.74, 6) is 0.518. The maximum atomic E-state index is 5.16. The zero-order valence-electron chi connectivity index (χ0n) is 10.6. The number of aryl methyl sites for hydroxylation is 1. The van der Waals surface area contributed by atoms with Crippen LogP contribution < -0.4 is 5.32 Å². The predicted octanol–water partition coefficient (Wildman–Crippen LogP) is 1.14. The number of aromatic nitrogens is 3. The van der Waals surface area contributed by atoms with Gasteiger partial charge in [-0.15, -0.1) is 5.10 Å². The first-order valence-electron chi connectivity index (χ1n) is 5.75. The minimum Gasteiger partial charge on any atom is -0.384 e. The van der Waals surface area contributed by atoms with Crippen molar-refractivity contribution < 1.29 is 4.74 Å². The van der Waals surface area contributed by atoms with Crippen LogP contribution >= 0.6 is 0 Å². The molecule has 0 bridgehead atoms. The Morgan fingerprint density at radius 2 is 2.31 bits per heavy atom. The minimum atomic E-state index is 0.301. The summed E-state index contributed by atoms with van der Waals surface area (Å²) in [6.45, 7) is 6.03. The summed E-state index contributed by atoms with van der Waals surface area (Å²) in [4.78, 5) is 0. The Bertz CT molecular complexity index is 300. The summed E-state index contributed by atoms with van der Waals surface area (Å²) in [5.41, 5.74) is 1.13. The van der Waals surface area contributed by atoms with Gasteiger partial charge in [0.15, 0.2) is 0 Å². The Labute approximate surface area is 97.2 Å². The van der Waals surface area contributed by atoms with Gasteiger partial charge < -0.3 is 10.1 Å². The number of rotatable bonds is 7. The fourth-order valence-electron chi connectivity index (χ4n) is 1.92. The van der Waals surface area contributed by atoms with E-state index in [9.17, 15) is 0 Å². The molecule has 5 heteroatoms. The fraction of sp³-hybridized carbons (Fsp3) is 0.818. The van der Waals surface area contributed by atoms with E-state index in [4.69, 9.17) is 4.74 Å². The lowest BCUT2D eigenvalue weighted by molar-refractivity contribution is 0.149. The van der Waals surface area contributed by atoms with E-state index in [1.165, 1.54) is 0 Å². The molecule has 0 radical (unpaired) electrons. The third-order valence-corrected chi connectivity index (χ3v) is 2.65. The summed E-state index contributed by atoms with van der Waals surface area (Å²) in [7, 11) is 3.66. The molecular weight excluding hydrogens is 204 g/mol. The molecule has 0 saturated carbocycles. The zero-order valence-corrected chi connectivity index (χ0v) is 10.6. The normalized spacial score (nSPS) is 15.0. The van der Waals surface area contributed by atoms with Gasteiger partial charge in [0.2, 0.25) is 0 Å². The number of hydrogen-bond acceptors (Lipinski definition) is 4. The van der Waals surface area contributed by atoms with E-state index < -0.39 is 0 Å². The highest BCUT2D eigenvalue weighted by Gasteiger charge is 2.17. The Balaban J connectivity index is 2.64. The lowest BCUT2D eigenvalue weighted by atomic mass is 10.0. The van der Waals surface area contributed by atoms with Gasteiger partial charge in [0.1, 0.15) is 0 Å². The molecular formula is C11H22N4O. The van der Waals surface area contributed by atoms with Crippen molar-refractivity contribution in [3.8, 4) is 0 Å². The smallest absolute Gasteiger partial charge is 0.0753 e. The summed E-state index contributed by atoms with van der Waals surface area (Å²) in [5, 5.41) is 11.3. The van der Waals surface area contributed by atoms with Crippen LogP contribution in [0.15, 0.2) is 6.20 Å². The second-order valence-corrected chi connectivity index (χ2v) is 4.19. The molecule has 0 spiro atoms. The van der Waals surface area contributed by atoms with E-state index in [0.717, 1.165) is 25.3 Å². The van der Waals surface area contributed by atoms with Gasteiger partial charge in [-0.2, -0.15) is 0 Å². The van der Waals surface area contributed by atoms with E-state index in [-0.39, 0.29) is 0 Å². The molecule has 2 atom stereocenters. The van der Waals surface area contributed by atoms with Gasteiger partial charge in [0, 0.05) is 20.8 Å². The largest absolute Gasteiger partial charge is 0.384 e. The Hall–Kier alpha value is -0.940. The van der Waals surface area contributed by atoms with Crippen LogP contribution in [-0.4, -0.2) is 35.3 Å². The molecule has 0 saturated heterocycles. The molecule has 16 heavy (non-hydrogen) atoms. The van der Waals surface area contributed by atoms with Crippen molar-refractivity contribution in [2.75, 3.05) is 20.3 Å². The van der Waals surface area contributed by atoms with Gasteiger partial charge in [-0.3, -0.25) is 4.68 Å². The first-order valence-corrected chi connectivity index (χ1v) is 5.75. The lowest BCUT2D eigenvalue weighted by Crippen LogP contribution is -2.26. The predicted molar refractivity (Wildman–Crippen MR) is 63.1 cm³/mol. The molecule has 1 rings (SSSR count). The first kappa shape index (κ1) is 13.1. The van der Waals surface area contributed by atoms with Crippen LogP contribution in [0.5, 0.6) is 0 Å². The molecule has 92 valence electrons. The summed E-state index contributed by atoms with van der Waals surface area (Å²) in [6.07, 6.45) is 2.86. The van der Waals surface area contributed by atoms with Gasteiger partial charge in [0.05, 0.1) is 17.9 Å². The van der Waals surface area contributed by atoms with Crippen LogP contribution in [0.3, 0.4) is 0 Å². The van der Waals surface area contributed by atoms with E-state index in [2.05, 4.69) is 29.5 Å². The average molecular weight is 226 g/mol. The summed E-state index contributed by atoms with van der Waals surface area (Å²) in [6, 6.07) is 0.301. The minimum absolute atomic E-state index is 0.301. The first-order chi connectivity index (χ1) is 7.69. The van der Waals surface area contributed by atoms with Crippen molar-refractivity contribution in [3.05, 3.63) is 11.9 Å². The molecule has 0 aliphatic rings. The van der Waals surface area contributed by atoms with Crippen LogP contribution in [0.2, 0.25) is 0 Å². The second kappa shape index (κ2) is 6.60. The fourth-order valence-corrected chi connectivity index (χ4v) is 1.92. The van der Waals surface area contributed by atoms with Crippen molar-refractivity contribution in [1.82, 2.24) is 20.3 Å². The highest BCUT2D eigenvalue weighted by atomic mass is 16.5. The molecule has 0 fully saturated rings. The van der Waals surface area contributed by atoms with E-state index >= 15 is 0 Å². The van der Waals surface area contributed by atoms with Crippen molar-refractivity contribution in [1.29, 1.82) is 0 Å². The van der Waals surface area contributed by atoms with Crippen LogP contribution in [0.1, 0.15) is 32.0 Å². The topological polar surface area (TPSA) is 52.0 Å². The standard InChI is InChI=1S/C11H22N4O/c1-5-12-10(6-9(2)8-16-4)11-7-13-14-15(11)3/h7,9-10,12H,5-6,8H2,1-4H3. The van der Waals surface area contributed by atoms with Gasteiger partial charge in [0.25, 0.3) is 0 Å². The van der Waals surface area contributed by atoms with Gasteiger partial charge in [-0.1, -0.05) is 19.1 Å². The average Bonchev–Trinajstić information content (AvgIpc) is 2.64. The third kappa shape index (κ3) is 3.57. The zero-order chi connectivity index (χ0) is 12.0. The van der Waals surface area contributed by atoms with Crippen molar-refractivity contribution in [2.45, 2.75) is 26.3 Å². The number of ether oxygens (including phenoxy) is 1. The van der Waals surface area contributed by atoms with Crippen LogP contribution in [-0.2, 0) is 11.8 Å². The molecule has 0 aliphatic heterocycles. The number of nitrogens with one attached hydrogen (secondary N) is 1. The van der Waals surface area contributed by atoms with Crippen molar-refractivity contribution in [2.24, 2.45) is 13.0 Å². The SMILES string of the molecule is CCNC(CC(C)COC)c1cnnn1C. The molecule has 0 amide bonds. The summed E-state index contributed by atoms with van der Waals surface area (Å²) >= 11 is 0. The number of hydrogen-bond donors (Lipinski definition) is 1. The van der Waals surface area contributed by atoms with Gasteiger partial charge in [-0.05, 0) is 18.9 Å². The quantitative estimate of drug-likeness (QED) is 0.757. The maximum absolute atomic E-state index is 5.16. The Kier molecular flexibility index (Phi) is 5.42. The molecule has 5 nitrogen and oxygen atoms in total. The second-order valence-electron chi connectivity index (χ2n) is 4.19. The molecule has 1 N–H and O–H groups in total. The number of methoxy groups -OCH3 is 1. The van der Waals surface area contributed by atoms with Crippen LogP contribution in [0.25, 0.3) is 0 Å². The molecule has 1 aromatic heterocycles. The number of nitrogens with zero attached hydrogens (tertiary/aromatic N) is 3. The highest BCUT2D eigenvalue weighted by Crippen LogP contribution is 2.20. The molecule has 2 unspecified atom stereocenters. The Morgan fingerprint density at radius 3 is 2.81 bits per heavy atom. The maximum Gasteiger partial charge on any atom is 0.0753 e. The summed E-state index contributed by atoms with van der Waals surface area (Å²) < 4.78 is 6.99. The van der Waals surface area contributed by atoms with Crippen LogP contribution in [0.4, 0.5) is 0 Å². The van der Waals surface area contributed by atoms with E-state index in [1.54, 1.807) is 7.11 Å². The van der Waals surface area contributed by atoms with E-state index in [0.29, 0.717) is 12.0 Å². The lowest BCUT2D eigenvalue weighted by Gasteiger charge is -2.21. The van der Waals surface area contributed by atoms with Crippen molar-refractivity contribution in [3.63, 3.8) is 0 Å².